The van der Waals surface area contributed by atoms with Gasteiger partial charge < -0.3 is 10.1 Å². The number of carbonyl (C=O) groups is 1. The van der Waals surface area contributed by atoms with Crippen molar-refractivity contribution in [2.24, 2.45) is 0 Å². The first kappa shape index (κ1) is 14.5. The lowest BCUT2D eigenvalue weighted by Gasteiger charge is -2.28. The molecule has 0 amide bonds. The van der Waals surface area contributed by atoms with Crippen LogP contribution in [0.15, 0.2) is 28.7 Å². The van der Waals surface area contributed by atoms with Gasteiger partial charge in [0.15, 0.2) is 0 Å². The molecule has 0 radical (unpaired) electrons. The van der Waals surface area contributed by atoms with Gasteiger partial charge in [0.05, 0.1) is 7.11 Å². The van der Waals surface area contributed by atoms with Crippen molar-refractivity contribution < 1.29 is 9.53 Å². The minimum Gasteiger partial charge on any atom is -0.468 e. The van der Waals surface area contributed by atoms with Crippen molar-refractivity contribution in [1.82, 2.24) is 10.2 Å². The molecule has 1 fully saturated rings. The normalized spacial score (nSPS) is 18.6. The average Bonchev–Trinajstić information content (AvgIpc) is 2.70. The summed E-state index contributed by atoms with van der Waals surface area (Å²) in [7, 11) is 1.45. The van der Waals surface area contributed by atoms with E-state index in [2.05, 4.69) is 26.1 Å². The van der Waals surface area contributed by atoms with Crippen molar-refractivity contribution in [2.75, 3.05) is 33.3 Å². The third-order valence-corrected chi connectivity index (χ3v) is 3.88. The van der Waals surface area contributed by atoms with E-state index in [1.54, 1.807) is 0 Å². The number of halogens is 1. The molecule has 1 unspecified atom stereocenters. The van der Waals surface area contributed by atoms with Gasteiger partial charge in [0.25, 0.3) is 0 Å². The zero-order valence-corrected chi connectivity index (χ0v) is 12.6. The van der Waals surface area contributed by atoms with E-state index in [-0.39, 0.29) is 12.0 Å². The predicted octanol–water partition coefficient (Wildman–Crippen LogP) is 1.96. The van der Waals surface area contributed by atoms with Crippen LogP contribution in [0.5, 0.6) is 0 Å². The number of nitrogens with one attached hydrogen (secondary N) is 1. The fourth-order valence-electron chi connectivity index (χ4n) is 2.38. The zero-order chi connectivity index (χ0) is 13.7. The largest absolute Gasteiger partial charge is 0.468 e. The third kappa shape index (κ3) is 3.78. The van der Waals surface area contributed by atoms with Gasteiger partial charge in [-0.2, -0.15) is 0 Å². The number of benzene rings is 1. The molecule has 1 aromatic rings. The maximum Gasteiger partial charge on any atom is 0.327 e. The number of methoxy groups -OCH3 is 1. The first-order chi connectivity index (χ1) is 9.22. The fraction of sp³-hybridized carbons (Fsp3) is 0.500. The molecule has 104 valence electrons. The number of hydrogen-bond donors (Lipinski definition) is 1. The molecule has 1 atom stereocenters. The molecule has 0 spiro atoms. The van der Waals surface area contributed by atoms with E-state index < -0.39 is 0 Å². The standard InChI is InChI=1S/C14H19BrN2O2/c1-19-14(18)13(11-3-5-12(15)6-4-11)17-9-2-7-16-8-10-17/h3-6,13,16H,2,7-10H2,1H3. The summed E-state index contributed by atoms with van der Waals surface area (Å²) in [5, 5.41) is 3.35. The lowest BCUT2D eigenvalue weighted by molar-refractivity contribution is -0.147. The summed E-state index contributed by atoms with van der Waals surface area (Å²) in [6, 6.07) is 7.56. The van der Waals surface area contributed by atoms with Crippen LogP contribution in [-0.4, -0.2) is 44.2 Å². The number of ether oxygens (including phenoxy) is 1. The molecule has 0 aromatic heterocycles. The van der Waals surface area contributed by atoms with Crippen molar-refractivity contribution in [2.45, 2.75) is 12.5 Å². The van der Waals surface area contributed by atoms with Crippen molar-refractivity contribution in [1.29, 1.82) is 0 Å². The summed E-state index contributed by atoms with van der Waals surface area (Å²) in [5.74, 6) is -0.191. The van der Waals surface area contributed by atoms with Gasteiger partial charge in [-0.05, 0) is 30.7 Å². The van der Waals surface area contributed by atoms with Gasteiger partial charge in [0.1, 0.15) is 6.04 Å². The highest BCUT2D eigenvalue weighted by Gasteiger charge is 2.28. The molecule has 4 nitrogen and oxygen atoms in total. The van der Waals surface area contributed by atoms with E-state index in [1.165, 1.54) is 7.11 Å². The zero-order valence-electron chi connectivity index (χ0n) is 11.1. The Balaban J connectivity index is 2.24. The molecular weight excluding hydrogens is 308 g/mol. The van der Waals surface area contributed by atoms with E-state index in [0.717, 1.165) is 42.6 Å². The maximum atomic E-state index is 12.1. The van der Waals surface area contributed by atoms with Crippen molar-refractivity contribution in [3.63, 3.8) is 0 Å². The lowest BCUT2D eigenvalue weighted by atomic mass is 10.1. The topological polar surface area (TPSA) is 41.6 Å². The van der Waals surface area contributed by atoms with Crippen LogP contribution in [0.4, 0.5) is 0 Å². The van der Waals surface area contributed by atoms with Crippen LogP contribution in [0.1, 0.15) is 18.0 Å². The number of carbonyl (C=O) groups excluding carboxylic acids is 1. The maximum absolute atomic E-state index is 12.1. The number of hydrogen-bond acceptors (Lipinski definition) is 4. The van der Waals surface area contributed by atoms with E-state index in [4.69, 9.17) is 4.74 Å². The Kier molecular flexibility index (Phi) is 5.36. The molecule has 1 aromatic carbocycles. The van der Waals surface area contributed by atoms with E-state index in [9.17, 15) is 4.79 Å². The summed E-state index contributed by atoms with van der Waals surface area (Å²) in [6.45, 7) is 3.67. The molecule has 5 heteroatoms. The molecule has 1 N–H and O–H groups in total. The third-order valence-electron chi connectivity index (χ3n) is 3.35. The summed E-state index contributed by atoms with van der Waals surface area (Å²) in [6.07, 6.45) is 1.05. The first-order valence-corrected chi connectivity index (χ1v) is 7.29. The molecule has 19 heavy (non-hydrogen) atoms. The molecule has 0 saturated carbocycles. The highest BCUT2D eigenvalue weighted by Crippen LogP contribution is 2.24. The Morgan fingerprint density at radius 1 is 1.32 bits per heavy atom. The molecule has 2 rings (SSSR count). The van der Waals surface area contributed by atoms with Gasteiger partial charge in [0, 0.05) is 24.1 Å². The van der Waals surface area contributed by atoms with Gasteiger partial charge in [-0.3, -0.25) is 4.90 Å². The van der Waals surface area contributed by atoms with Crippen LogP contribution in [0, 0.1) is 0 Å². The number of nitrogens with zero attached hydrogens (tertiary/aromatic N) is 1. The minimum absolute atomic E-state index is 0.191. The van der Waals surface area contributed by atoms with E-state index in [0.29, 0.717) is 0 Å². The van der Waals surface area contributed by atoms with Gasteiger partial charge in [-0.25, -0.2) is 4.79 Å². The number of rotatable bonds is 3. The van der Waals surface area contributed by atoms with Gasteiger partial charge >= 0.3 is 5.97 Å². The van der Waals surface area contributed by atoms with Gasteiger partial charge in [-0.15, -0.1) is 0 Å². The molecule has 1 heterocycles. The molecule has 0 aliphatic carbocycles. The minimum atomic E-state index is -0.307. The monoisotopic (exact) mass is 326 g/mol. The number of esters is 1. The Labute approximate surface area is 122 Å². The molecule has 1 saturated heterocycles. The van der Waals surface area contributed by atoms with Crippen LogP contribution in [0.3, 0.4) is 0 Å². The van der Waals surface area contributed by atoms with Crippen molar-refractivity contribution in [3.8, 4) is 0 Å². The highest BCUT2D eigenvalue weighted by molar-refractivity contribution is 9.10. The molecular formula is C14H19BrN2O2. The Hall–Kier alpha value is -0.910. The second kappa shape index (κ2) is 7.03. The second-order valence-electron chi connectivity index (χ2n) is 4.62. The van der Waals surface area contributed by atoms with Crippen LogP contribution < -0.4 is 5.32 Å². The van der Waals surface area contributed by atoms with Crippen LogP contribution in [0.2, 0.25) is 0 Å². The molecule has 1 aliphatic heterocycles. The highest BCUT2D eigenvalue weighted by atomic mass is 79.9. The second-order valence-corrected chi connectivity index (χ2v) is 5.53. The van der Waals surface area contributed by atoms with Gasteiger partial charge in [-0.1, -0.05) is 28.1 Å². The summed E-state index contributed by atoms with van der Waals surface area (Å²) in [4.78, 5) is 14.3. The average molecular weight is 327 g/mol. The quantitative estimate of drug-likeness (QED) is 0.862. The van der Waals surface area contributed by atoms with Gasteiger partial charge in [0.2, 0.25) is 0 Å². The van der Waals surface area contributed by atoms with Crippen molar-refractivity contribution in [3.05, 3.63) is 34.3 Å². The Bertz CT molecular complexity index is 414. The van der Waals surface area contributed by atoms with E-state index in [1.807, 2.05) is 24.3 Å². The van der Waals surface area contributed by atoms with E-state index >= 15 is 0 Å². The Morgan fingerprint density at radius 3 is 2.74 bits per heavy atom. The smallest absolute Gasteiger partial charge is 0.327 e. The summed E-state index contributed by atoms with van der Waals surface area (Å²) < 4.78 is 5.99. The Morgan fingerprint density at radius 2 is 2.05 bits per heavy atom. The molecule has 1 aliphatic rings. The fourth-order valence-corrected chi connectivity index (χ4v) is 2.64. The lowest BCUT2D eigenvalue weighted by Crippen LogP contribution is -2.37. The van der Waals surface area contributed by atoms with Crippen LogP contribution in [0.25, 0.3) is 0 Å². The van der Waals surface area contributed by atoms with Crippen LogP contribution in [-0.2, 0) is 9.53 Å². The first-order valence-electron chi connectivity index (χ1n) is 6.50. The summed E-state index contributed by atoms with van der Waals surface area (Å²) in [5.41, 5.74) is 0.983. The van der Waals surface area contributed by atoms with Crippen LogP contribution >= 0.6 is 15.9 Å². The molecule has 0 bridgehead atoms. The van der Waals surface area contributed by atoms with Crippen molar-refractivity contribution >= 4 is 21.9 Å². The SMILES string of the molecule is COC(=O)C(c1ccc(Br)cc1)N1CCCNCC1. The predicted molar refractivity (Wildman–Crippen MR) is 78.0 cm³/mol. The summed E-state index contributed by atoms with van der Waals surface area (Å²) >= 11 is 3.42.